The largest absolute Gasteiger partial charge is 0.309 e. The zero-order valence-electron chi connectivity index (χ0n) is 45.0. The molecule has 1 nitrogen and oxygen atoms in total. The maximum atomic E-state index is 2.54. The van der Waals surface area contributed by atoms with Gasteiger partial charge in [-0.25, -0.2) is 0 Å². The second-order valence-corrected chi connectivity index (χ2v) is 22.7. The second-order valence-electron chi connectivity index (χ2n) is 22.7. The number of hydrogen-bond donors (Lipinski definition) is 0. The van der Waals surface area contributed by atoms with E-state index in [1.807, 2.05) is 0 Å². The molecule has 0 bridgehead atoms. The summed E-state index contributed by atoms with van der Waals surface area (Å²) in [6.07, 6.45) is 0. The van der Waals surface area contributed by atoms with Gasteiger partial charge < -0.3 is 4.48 Å². The lowest BCUT2D eigenvalue weighted by atomic mass is 9.81. The highest BCUT2D eigenvalue weighted by atomic mass is 15.4. The lowest BCUT2D eigenvalue weighted by Gasteiger charge is -2.39. The summed E-state index contributed by atoms with van der Waals surface area (Å²) in [4.78, 5) is 0. The van der Waals surface area contributed by atoms with Crippen LogP contribution in [0.5, 0.6) is 0 Å². The Hall–Kier alpha value is -9.92. The van der Waals surface area contributed by atoms with Crippen molar-refractivity contribution < 1.29 is 4.48 Å². The topological polar surface area (TPSA) is 0 Å². The van der Waals surface area contributed by atoms with Crippen LogP contribution in [0.2, 0.25) is 0 Å². The zero-order valence-corrected chi connectivity index (χ0v) is 45.0. The Kier molecular flexibility index (Phi) is 11.1. The van der Waals surface area contributed by atoms with Crippen molar-refractivity contribution in [2.75, 3.05) is 0 Å². The number of fused-ring (bicyclic) bond motifs is 14. The molecule has 2 aliphatic heterocycles. The molecule has 380 valence electrons. The van der Waals surface area contributed by atoms with E-state index in [1.54, 1.807) is 0 Å². The fourth-order valence-corrected chi connectivity index (χ4v) is 14.2. The minimum absolute atomic E-state index is 0.793. The molecule has 0 atom stereocenters. The van der Waals surface area contributed by atoms with Crippen molar-refractivity contribution in [3.8, 4) is 89.0 Å². The van der Waals surface area contributed by atoms with Crippen LogP contribution in [0.4, 0.5) is 0 Å². The van der Waals surface area contributed by atoms with E-state index < -0.39 is 0 Å². The van der Waals surface area contributed by atoms with Crippen molar-refractivity contribution in [2.45, 2.75) is 26.2 Å². The Morgan fingerprint density at radius 1 is 0.198 bits per heavy atom. The number of rotatable bonds is 6. The van der Waals surface area contributed by atoms with Gasteiger partial charge in [0.05, 0.1) is 0 Å². The first-order valence-corrected chi connectivity index (χ1v) is 28.6. The molecule has 0 saturated heterocycles. The van der Waals surface area contributed by atoms with Gasteiger partial charge in [0.25, 0.3) is 0 Å². The van der Waals surface area contributed by atoms with E-state index >= 15 is 0 Å². The van der Waals surface area contributed by atoms with E-state index in [0.29, 0.717) is 0 Å². The first-order valence-electron chi connectivity index (χ1n) is 28.6. The maximum Gasteiger partial charge on any atom is 0.106 e. The van der Waals surface area contributed by atoms with Gasteiger partial charge in [-0.3, -0.25) is 0 Å². The minimum atomic E-state index is 0.793. The Morgan fingerprint density at radius 2 is 0.481 bits per heavy atom. The minimum Gasteiger partial charge on any atom is -0.309 e. The Labute approximate surface area is 473 Å². The summed E-state index contributed by atoms with van der Waals surface area (Å²) in [5.41, 5.74) is 25.8. The van der Waals surface area contributed by atoms with Crippen molar-refractivity contribution in [1.29, 1.82) is 0 Å². The molecule has 1 spiro atoms. The van der Waals surface area contributed by atoms with E-state index in [-0.39, 0.29) is 0 Å². The number of quaternary nitrogens is 1. The van der Waals surface area contributed by atoms with Crippen molar-refractivity contribution in [3.05, 3.63) is 313 Å². The molecule has 2 heterocycles. The van der Waals surface area contributed by atoms with Crippen LogP contribution in [0.25, 0.3) is 132 Å². The van der Waals surface area contributed by atoms with E-state index in [9.17, 15) is 0 Å². The summed E-state index contributed by atoms with van der Waals surface area (Å²) < 4.78 is 0.793. The lowest BCUT2D eigenvalue weighted by molar-refractivity contribution is -0.977. The molecule has 0 aromatic heterocycles. The third kappa shape index (κ3) is 8.11. The standard InChI is InChI=1S/C80H56N/c1-5-21-53(22-6-1)63-41-64(54-23-7-2-8-24-54)44-67(43-63)73-47-59-31-15-19-35-71(59)79-75(73)51-81(49-61-39-37-57-29-13-17-33-69(57)77(61)78-62(50-81)40-38-58-30-14-18-34-70(58)78)52-76-74(48-60-32-16-20-36-72(60)80(76)79)68-45-65(55-25-9-3-10-26-55)42-66(46-68)56-27-11-4-12-28-56/h1-48H,49-52H2/q+1. The predicted molar refractivity (Wildman–Crippen MR) is 341 cm³/mol. The highest BCUT2D eigenvalue weighted by Gasteiger charge is 2.42. The third-order valence-corrected chi connectivity index (χ3v) is 17.8. The summed E-state index contributed by atoms with van der Waals surface area (Å²) in [5.74, 6) is 0. The number of benzene rings is 14. The Bertz CT molecular complexity index is 4360. The van der Waals surface area contributed by atoms with Crippen molar-refractivity contribution in [3.63, 3.8) is 0 Å². The molecule has 0 aliphatic carbocycles. The van der Waals surface area contributed by atoms with Crippen LogP contribution in [-0.2, 0) is 26.2 Å². The summed E-state index contributed by atoms with van der Waals surface area (Å²) in [6, 6.07) is 110. The van der Waals surface area contributed by atoms with Gasteiger partial charge in [-0.15, -0.1) is 0 Å². The van der Waals surface area contributed by atoms with E-state index in [1.165, 1.54) is 154 Å². The molecule has 14 aromatic carbocycles. The summed E-state index contributed by atoms with van der Waals surface area (Å²) in [5, 5.41) is 10.3. The van der Waals surface area contributed by atoms with Gasteiger partial charge in [0.2, 0.25) is 0 Å². The van der Waals surface area contributed by atoms with Crippen molar-refractivity contribution in [2.24, 2.45) is 0 Å². The smallest absolute Gasteiger partial charge is 0.106 e. The summed E-state index contributed by atoms with van der Waals surface area (Å²) in [6.45, 7) is 3.32. The second kappa shape index (κ2) is 19.2. The van der Waals surface area contributed by atoms with Gasteiger partial charge >= 0.3 is 0 Å². The molecule has 14 aromatic rings. The Balaban J connectivity index is 1.06. The van der Waals surface area contributed by atoms with Crippen molar-refractivity contribution >= 4 is 43.1 Å². The first kappa shape index (κ1) is 47.1. The van der Waals surface area contributed by atoms with Gasteiger partial charge in [0.15, 0.2) is 0 Å². The van der Waals surface area contributed by atoms with Gasteiger partial charge in [-0.05, 0) is 170 Å². The molecule has 0 N–H and O–H groups in total. The number of hydrogen-bond acceptors (Lipinski definition) is 0. The van der Waals surface area contributed by atoms with Crippen LogP contribution in [-0.4, -0.2) is 4.48 Å². The van der Waals surface area contributed by atoms with Crippen molar-refractivity contribution in [1.82, 2.24) is 0 Å². The SMILES string of the molecule is c1ccc(-c2cc(-c3ccccc3)cc(-c3cc4ccccc4c4c3C[N+]3(Cc5ccc6ccccc6c5-c5c(ccc6ccccc56)C3)Cc3c(-c5cc(-c6ccccc6)cc(-c6ccccc6)c5)cc5ccccc5c3-4)c2)cc1. The summed E-state index contributed by atoms with van der Waals surface area (Å²) >= 11 is 0. The average molecular weight is 1030 g/mol. The van der Waals surface area contributed by atoms with Gasteiger partial charge in [0, 0.05) is 33.4 Å². The van der Waals surface area contributed by atoms with Gasteiger partial charge in [0.1, 0.15) is 26.2 Å². The average Bonchev–Trinajstić information content (AvgIpc) is 3.92. The molecule has 0 fully saturated rings. The molecule has 2 aliphatic rings. The zero-order chi connectivity index (χ0) is 53.4. The fourth-order valence-electron chi connectivity index (χ4n) is 14.2. The van der Waals surface area contributed by atoms with Gasteiger partial charge in [-0.1, -0.05) is 243 Å². The third-order valence-electron chi connectivity index (χ3n) is 17.8. The monoisotopic (exact) mass is 1030 g/mol. The predicted octanol–water partition coefficient (Wildman–Crippen LogP) is 21.2. The van der Waals surface area contributed by atoms with Gasteiger partial charge in [-0.2, -0.15) is 0 Å². The molecule has 81 heavy (non-hydrogen) atoms. The maximum absolute atomic E-state index is 2.54. The van der Waals surface area contributed by atoms with Crippen LogP contribution in [0.3, 0.4) is 0 Å². The van der Waals surface area contributed by atoms with E-state index in [4.69, 9.17) is 0 Å². The van der Waals surface area contributed by atoms with E-state index in [0.717, 1.165) is 30.7 Å². The number of nitrogens with zero attached hydrogens (tertiary/aromatic N) is 1. The first-order chi connectivity index (χ1) is 40.1. The molecule has 0 amide bonds. The van der Waals surface area contributed by atoms with Crippen LogP contribution in [0, 0.1) is 0 Å². The van der Waals surface area contributed by atoms with E-state index in [2.05, 4.69) is 291 Å². The molecule has 0 radical (unpaired) electrons. The van der Waals surface area contributed by atoms with Crippen LogP contribution in [0.1, 0.15) is 22.3 Å². The fraction of sp³-hybridized carbons (Fsp3) is 0.0500. The summed E-state index contributed by atoms with van der Waals surface area (Å²) in [7, 11) is 0. The quantitative estimate of drug-likeness (QED) is 0.146. The molecule has 1 heteroatoms. The van der Waals surface area contributed by atoms with Crippen LogP contribution in [0.15, 0.2) is 291 Å². The molecule has 0 unspecified atom stereocenters. The normalized spacial score (nSPS) is 13.3. The van der Waals surface area contributed by atoms with Crippen LogP contribution < -0.4 is 0 Å². The molecule has 16 rings (SSSR count). The molecule has 0 saturated carbocycles. The highest BCUT2D eigenvalue weighted by Crippen LogP contribution is 2.54. The molecular weight excluding hydrogens is 975 g/mol. The Morgan fingerprint density at radius 3 is 0.827 bits per heavy atom. The lowest BCUT2D eigenvalue weighted by Crippen LogP contribution is -2.44. The van der Waals surface area contributed by atoms with Crippen LogP contribution >= 0.6 is 0 Å². The highest BCUT2D eigenvalue weighted by molar-refractivity contribution is 6.13. The molecular formula is C80H56N+.